The van der Waals surface area contributed by atoms with Gasteiger partial charge in [-0.05, 0) is 84.2 Å². The fraction of sp³-hybridized carbons (Fsp3) is 0.923. The molecule has 0 aromatic carbocycles. The molecule has 3 N–H and O–H groups in total. The summed E-state index contributed by atoms with van der Waals surface area (Å²) in [4.78, 5) is 52.8. The van der Waals surface area contributed by atoms with Crippen molar-refractivity contribution in [3.8, 4) is 0 Å². The molecule has 0 aromatic heterocycles. The molecule has 12 nitrogen and oxygen atoms in total. The van der Waals surface area contributed by atoms with Crippen LogP contribution in [0.5, 0.6) is 0 Å². The van der Waals surface area contributed by atoms with E-state index in [2.05, 4.69) is 45.3 Å². The van der Waals surface area contributed by atoms with Crippen LogP contribution in [0.25, 0.3) is 0 Å². The minimum absolute atomic E-state index is 0.00458. The lowest BCUT2D eigenvalue weighted by molar-refractivity contribution is -0.134. The highest BCUT2D eigenvalue weighted by atomic mass is 31.2. The molecule has 52 heavy (non-hydrogen) atoms. The first-order chi connectivity index (χ1) is 24.7. The van der Waals surface area contributed by atoms with E-state index in [1.54, 1.807) is 9.80 Å². The molecule has 0 spiro atoms. The minimum atomic E-state index is -4.45. The molecular formula is C39H75N4O8P. The zero-order valence-corrected chi connectivity index (χ0v) is 34.6. The second-order valence-corrected chi connectivity index (χ2v) is 17.5. The van der Waals surface area contributed by atoms with Crippen LogP contribution < -0.4 is 10.6 Å². The molecule has 2 rings (SSSR count). The molecule has 5 atom stereocenters. The Bertz CT molecular complexity index is 1080. The molecule has 0 aliphatic carbocycles. The monoisotopic (exact) mass is 759 g/mol. The van der Waals surface area contributed by atoms with Crippen molar-refractivity contribution in [2.45, 2.75) is 188 Å². The Morgan fingerprint density at radius 2 is 1.17 bits per heavy atom. The van der Waals surface area contributed by atoms with Crippen LogP contribution >= 0.6 is 7.82 Å². The molecule has 2 amide bonds. The SMILES string of the molecule is CC(C)NCCCCCC(=O)CCCCCCC(=O)N1C[C@H](C)C[C@H]1COP(=O)(O)O[C@@H]1C[C@@H](COC(C)C)N(C(=O)CCCCCNC(C)C)C1. The van der Waals surface area contributed by atoms with Gasteiger partial charge in [-0.25, -0.2) is 4.57 Å². The lowest BCUT2D eigenvalue weighted by Crippen LogP contribution is -2.39. The summed E-state index contributed by atoms with van der Waals surface area (Å²) in [6, 6.07) is 0.408. The number of carbonyl (C=O) groups excluding carboxylic acids is 3. The summed E-state index contributed by atoms with van der Waals surface area (Å²) in [5, 5.41) is 6.80. The number of ketones is 1. The average Bonchev–Trinajstić information content (AvgIpc) is 3.65. The third-order valence-corrected chi connectivity index (χ3v) is 10.9. The van der Waals surface area contributed by atoms with Crippen molar-refractivity contribution in [3.05, 3.63) is 0 Å². The number of phosphoric ester groups is 1. The molecule has 0 saturated carbocycles. The number of amides is 2. The van der Waals surface area contributed by atoms with E-state index in [0.29, 0.717) is 69.5 Å². The second-order valence-electron chi connectivity index (χ2n) is 16.1. The fourth-order valence-corrected chi connectivity index (χ4v) is 8.03. The summed E-state index contributed by atoms with van der Waals surface area (Å²) < 4.78 is 30.1. The van der Waals surface area contributed by atoms with E-state index < -0.39 is 13.9 Å². The quantitative estimate of drug-likeness (QED) is 0.0551. The number of unbranched alkanes of at least 4 members (excludes halogenated alkanes) is 7. The van der Waals surface area contributed by atoms with E-state index in [0.717, 1.165) is 77.3 Å². The van der Waals surface area contributed by atoms with E-state index in [1.165, 1.54) is 0 Å². The van der Waals surface area contributed by atoms with Crippen LogP contribution in [0.2, 0.25) is 0 Å². The van der Waals surface area contributed by atoms with E-state index in [9.17, 15) is 23.8 Å². The minimum Gasteiger partial charge on any atom is -0.377 e. The number of Topliss-reactive ketones (excluding diaryl/α,β-unsaturated/α-hetero) is 1. The summed E-state index contributed by atoms with van der Waals surface area (Å²) in [5.41, 5.74) is 0. The lowest BCUT2D eigenvalue weighted by atomic mass is 10.0. The number of rotatable bonds is 29. The maximum Gasteiger partial charge on any atom is 0.472 e. The molecule has 304 valence electrons. The van der Waals surface area contributed by atoms with Crippen LogP contribution in [0, 0.1) is 5.92 Å². The Balaban J connectivity index is 1.73. The van der Waals surface area contributed by atoms with Gasteiger partial charge in [0.05, 0.1) is 37.5 Å². The van der Waals surface area contributed by atoms with Crippen molar-refractivity contribution in [2.75, 3.05) is 39.4 Å². The van der Waals surface area contributed by atoms with Crippen molar-refractivity contribution in [1.82, 2.24) is 20.4 Å². The van der Waals surface area contributed by atoms with Crippen molar-refractivity contribution < 1.29 is 37.6 Å². The van der Waals surface area contributed by atoms with Gasteiger partial charge < -0.3 is 30.1 Å². The van der Waals surface area contributed by atoms with Gasteiger partial charge >= 0.3 is 7.82 Å². The molecule has 0 aromatic rings. The topological polar surface area (TPSA) is 147 Å². The highest BCUT2D eigenvalue weighted by molar-refractivity contribution is 7.47. The summed E-state index contributed by atoms with van der Waals surface area (Å²) in [6.07, 6.45) is 11.8. The highest BCUT2D eigenvalue weighted by Crippen LogP contribution is 2.47. The Morgan fingerprint density at radius 1 is 0.692 bits per heavy atom. The molecule has 2 saturated heterocycles. The van der Waals surface area contributed by atoms with E-state index in [4.69, 9.17) is 13.8 Å². The smallest absolute Gasteiger partial charge is 0.377 e. The molecule has 2 heterocycles. The van der Waals surface area contributed by atoms with Crippen LogP contribution in [-0.2, 0) is 32.7 Å². The molecule has 0 radical (unpaired) electrons. The summed E-state index contributed by atoms with van der Waals surface area (Å²) in [6.45, 7) is 17.4. The zero-order chi connectivity index (χ0) is 38.5. The largest absolute Gasteiger partial charge is 0.472 e. The number of phosphoric acid groups is 1. The first-order valence-electron chi connectivity index (χ1n) is 20.5. The van der Waals surface area contributed by atoms with Gasteiger partial charge in [-0.3, -0.25) is 23.4 Å². The van der Waals surface area contributed by atoms with Crippen LogP contribution in [0.15, 0.2) is 0 Å². The summed E-state index contributed by atoms with van der Waals surface area (Å²) in [5.74, 6) is 0.635. The van der Waals surface area contributed by atoms with Crippen LogP contribution in [0.4, 0.5) is 0 Å². The van der Waals surface area contributed by atoms with E-state index >= 15 is 0 Å². The third-order valence-electron chi connectivity index (χ3n) is 9.88. The standard InChI is InChI=1S/C39H75N4O8P/c1-30(2)40-22-16-10-13-19-36(44)18-12-8-9-14-20-38(45)42-26-33(7)24-34(42)29-50-52(47,48)51-37-25-35(28-49-32(5)6)43(27-37)39(46)21-15-11-17-23-41-31(3)4/h30-35,37,40-41H,8-29H2,1-7H3,(H,47,48)/t33-,34+,35+,37-/m1/s1. The Morgan fingerprint density at radius 3 is 1.69 bits per heavy atom. The maximum atomic E-state index is 13.2. The van der Waals surface area contributed by atoms with Gasteiger partial charge in [0, 0.05) is 50.9 Å². The summed E-state index contributed by atoms with van der Waals surface area (Å²) >= 11 is 0. The molecule has 2 aliphatic rings. The Labute approximate surface area is 315 Å². The predicted octanol–water partition coefficient (Wildman–Crippen LogP) is 6.78. The number of hydrogen-bond donors (Lipinski definition) is 3. The Hall–Kier alpha value is -1.40. The molecule has 13 heteroatoms. The third kappa shape index (κ3) is 20.3. The molecule has 0 bridgehead atoms. The number of ether oxygens (including phenoxy) is 1. The first kappa shape index (κ1) is 46.8. The first-order valence-corrected chi connectivity index (χ1v) is 22.0. The number of carbonyl (C=O) groups is 3. The average molecular weight is 759 g/mol. The van der Waals surface area contributed by atoms with Gasteiger partial charge in [-0.15, -0.1) is 0 Å². The Kier molecular flexibility index (Phi) is 23.1. The molecule has 2 fully saturated rings. The van der Waals surface area contributed by atoms with Gasteiger partial charge in [0.1, 0.15) is 5.78 Å². The van der Waals surface area contributed by atoms with Crippen molar-refractivity contribution in [1.29, 1.82) is 0 Å². The van der Waals surface area contributed by atoms with E-state index in [1.807, 2.05) is 13.8 Å². The number of nitrogens with zero attached hydrogens (tertiary/aromatic N) is 2. The van der Waals surface area contributed by atoms with Gasteiger partial charge in [-0.2, -0.15) is 0 Å². The number of likely N-dealkylation sites (tertiary alicyclic amines) is 2. The predicted molar refractivity (Wildman–Crippen MR) is 207 cm³/mol. The normalized spacial score (nSPS) is 21.9. The van der Waals surface area contributed by atoms with Gasteiger partial charge in [0.2, 0.25) is 11.8 Å². The maximum absolute atomic E-state index is 13.2. The van der Waals surface area contributed by atoms with Gasteiger partial charge in [0.15, 0.2) is 0 Å². The molecule has 1 unspecified atom stereocenters. The fourth-order valence-electron chi connectivity index (χ4n) is 7.08. The second kappa shape index (κ2) is 25.6. The lowest BCUT2D eigenvalue weighted by Gasteiger charge is -2.26. The van der Waals surface area contributed by atoms with Crippen molar-refractivity contribution >= 4 is 25.4 Å². The molecular weight excluding hydrogens is 683 g/mol. The van der Waals surface area contributed by atoms with Crippen LogP contribution in [0.1, 0.15) is 151 Å². The van der Waals surface area contributed by atoms with Crippen molar-refractivity contribution in [2.24, 2.45) is 5.92 Å². The van der Waals surface area contributed by atoms with Crippen LogP contribution in [-0.4, -0.2) is 108 Å². The van der Waals surface area contributed by atoms with E-state index in [-0.39, 0.29) is 49.1 Å². The van der Waals surface area contributed by atoms with Gasteiger partial charge in [-0.1, -0.05) is 60.3 Å². The highest BCUT2D eigenvalue weighted by Gasteiger charge is 2.41. The summed E-state index contributed by atoms with van der Waals surface area (Å²) in [7, 11) is -4.45. The van der Waals surface area contributed by atoms with Gasteiger partial charge in [0.25, 0.3) is 0 Å². The number of nitrogens with one attached hydrogen (secondary N) is 2. The number of hydrogen-bond acceptors (Lipinski definition) is 9. The molecule has 2 aliphatic heterocycles. The zero-order valence-electron chi connectivity index (χ0n) is 33.7. The van der Waals surface area contributed by atoms with Crippen molar-refractivity contribution in [3.63, 3.8) is 0 Å². The van der Waals surface area contributed by atoms with Crippen LogP contribution in [0.3, 0.4) is 0 Å².